The van der Waals surface area contributed by atoms with Crippen LogP contribution in [0.5, 0.6) is 0 Å². The van der Waals surface area contributed by atoms with Crippen molar-refractivity contribution in [1.82, 2.24) is 16.3 Å². The maximum Gasteiger partial charge on any atom is 0.324 e. The van der Waals surface area contributed by atoms with Crippen molar-refractivity contribution in [2.75, 3.05) is 0 Å². The van der Waals surface area contributed by atoms with Crippen LogP contribution in [0.3, 0.4) is 0 Å². The van der Waals surface area contributed by atoms with Gasteiger partial charge in [-0.15, -0.1) is 0 Å². The molecule has 0 aromatic carbocycles. The van der Waals surface area contributed by atoms with Gasteiger partial charge in [0.1, 0.15) is 0 Å². The summed E-state index contributed by atoms with van der Waals surface area (Å²) < 4.78 is 0. The van der Waals surface area contributed by atoms with Gasteiger partial charge in [0, 0.05) is 6.04 Å². The monoisotopic (exact) mass is 160 g/mol. The smallest absolute Gasteiger partial charge is 0.286 e. The highest BCUT2D eigenvalue weighted by Gasteiger charge is 2.10. The molecule has 5 N–H and O–H groups in total. The number of nitrogens with one attached hydrogen (secondary N) is 3. The molecule has 0 aliphatic heterocycles. The van der Waals surface area contributed by atoms with Crippen molar-refractivity contribution in [2.45, 2.75) is 19.9 Å². The van der Waals surface area contributed by atoms with E-state index < -0.39 is 11.8 Å². The minimum Gasteiger partial charge on any atom is -0.286 e. The lowest BCUT2D eigenvalue weighted by Crippen LogP contribution is -2.50. The van der Waals surface area contributed by atoms with Gasteiger partial charge in [-0.05, 0) is 13.8 Å². The summed E-state index contributed by atoms with van der Waals surface area (Å²) in [5.74, 6) is 3.01. The summed E-state index contributed by atoms with van der Waals surface area (Å²) in [5, 5.41) is 0. The Kier molecular flexibility index (Phi) is 4.16. The zero-order valence-corrected chi connectivity index (χ0v) is 6.47. The number of hydrogen-bond donors (Lipinski definition) is 4. The second kappa shape index (κ2) is 4.64. The summed E-state index contributed by atoms with van der Waals surface area (Å²) in [6, 6.07) is 0.0736. The van der Waals surface area contributed by atoms with Gasteiger partial charge in [0.25, 0.3) is 0 Å². The van der Waals surface area contributed by atoms with E-state index in [0.717, 1.165) is 0 Å². The number of amides is 2. The number of hydrogen-bond acceptors (Lipinski definition) is 4. The van der Waals surface area contributed by atoms with E-state index in [9.17, 15) is 9.59 Å². The number of hydrazine groups is 2. The zero-order valence-electron chi connectivity index (χ0n) is 6.47. The lowest BCUT2D eigenvalue weighted by molar-refractivity contribution is -0.139. The van der Waals surface area contributed by atoms with Crippen LogP contribution in [0.25, 0.3) is 0 Å². The van der Waals surface area contributed by atoms with Crippen molar-refractivity contribution in [3.05, 3.63) is 0 Å². The first-order chi connectivity index (χ1) is 5.07. The van der Waals surface area contributed by atoms with E-state index in [2.05, 4.69) is 10.9 Å². The molecule has 0 aliphatic carbocycles. The Morgan fingerprint density at radius 2 is 1.82 bits per heavy atom. The van der Waals surface area contributed by atoms with E-state index in [1.165, 1.54) is 0 Å². The molecule has 0 bridgehead atoms. The van der Waals surface area contributed by atoms with Gasteiger partial charge in [-0.2, -0.15) is 0 Å². The van der Waals surface area contributed by atoms with E-state index in [0.29, 0.717) is 0 Å². The van der Waals surface area contributed by atoms with Gasteiger partial charge in [-0.3, -0.25) is 20.4 Å². The SMILES string of the molecule is CC(C)NNC(=O)C(=O)NN. The first kappa shape index (κ1) is 9.86. The molecule has 0 saturated carbocycles. The molecule has 0 unspecified atom stereocenters. The molecule has 6 nitrogen and oxygen atoms in total. The van der Waals surface area contributed by atoms with Crippen molar-refractivity contribution in [3.8, 4) is 0 Å². The minimum atomic E-state index is -0.877. The minimum absolute atomic E-state index is 0.0736. The Hall–Kier alpha value is -1.14. The quantitative estimate of drug-likeness (QED) is 0.163. The zero-order chi connectivity index (χ0) is 8.85. The van der Waals surface area contributed by atoms with Crippen LogP contribution < -0.4 is 22.1 Å². The lowest BCUT2D eigenvalue weighted by Gasteiger charge is -2.07. The lowest BCUT2D eigenvalue weighted by atomic mass is 10.4. The van der Waals surface area contributed by atoms with E-state index in [1.54, 1.807) is 5.43 Å². The molecule has 64 valence electrons. The third-order valence-corrected chi connectivity index (χ3v) is 0.812. The molecule has 0 spiro atoms. The molecule has 6 heteroatoms. The van der Waals surface area contributed by atoms with Crippen LogP contribution in [0.2, 0.25) is 0 Å². The summed E-state index contributed by atoms with van der Waals surface area (Å²) in [4.78, 5) is 21.0. The molecule has 2 amide bonds. The van der Waals surface area contributed by atoms with Crippen LogP contribution in [-0.2, 0) is 9.59 Å². The van der Waals surface area contributed by atoms with Crippen molar-refractivity contribution < 1.29 is 9.59 Å². The van der Waals surface area contributed by atoms with E-state index in [4.69, 9.17) is 5.84 Å². The standard InChI is InChI=1S/C5H12N4O2/c1-3(2)8-9-5(11)4(10)7-6/h3,8H,6H2,1-2H3,(H,7,10)(H,9,11). The summed E-state index contributed by atoms with van der Waals surface area (Å²) in [6.07, 6.45) is 0. The van der Waals surface area contributed by atoms with E-state index >= 15 is 0 Å². The van der Waals surface area contributed by atoms with Gasteiger partial charge in [-0.25, -0.2) is 11.3 Å². The molecule has 0 heterocycles. The predicted octanol–water partition coefficient (Wildman–Crippen LogP) is -1.99. The number of carbonyl (C=O) groups excluding carboxylic acids is 2. The fourth-order valence-electron chi connectivity index (χ4n) is 0.332. The molecular weight excluding hydrogens is 148 g/mol. The van der Waals surface area contributed by atoms with Crippen molar-refractivity contribution in [1.29, 1.82) is 0 Å². The van der Waals surface area contributed by atoms with Gasteiger partial charge < -0.3 is 0 Å². The summed E-state index contributed by atoms with van der Waals surface area (Å²) in [7, 11) is 0. The molecular formula is C5H12N4O2. The summed E-state index contributed by atoms with van der Waals surface area (Å²) in [6.45, 7) is 3.64. The van der Waals surface area contributed by atoms with Crippen molar-refractivity contribution >= 4 is 11.8 Å². The fourth-order valence-corrected chi connectivity index (χ4v) is 0.332. The van der Waals surface area contributed by atoms with Crippen LogP contribution in [-0.4, -0.2) is 17.9 Å². The van der Waals surface area contributed by atoms with Gasteiger partial charge >= 0.3 is 11.8 Å². The number of carbonyl (C=O) groups is 2. The van der Waals surface area contributed by atoms with Crippen LogP contribution in [0.1, 0.15) is 13.8 Å². The molecule has 0 rings (SSSR count). The highest BCUT2D eigenvalue weighted by molar-refractivity contribution is 6.34. The third-order valence-electron chi connectivity index (χ3n) is 0.812. The first-order valence-electron chi connectivity index (χ1n) is 3.14. The fraction of sp³-hybridized carbons (Fsp3) is 0.600. The van der Waals surface area contributed by atoms with Gasteiger partial charge in [-0.1, -0.05) is 0 Å². The van der Waals surface area contributed by atoms with Crippen molar-refractivity contribution in [3.63, 3.8) is 0 Å². The van der Waals surface area contributed by atoms with Gasteiger partial charge in [0.15, 0.2) is 0 Å². The van der Waals surface area contributed by atoms with Crippen LogP contribution in [0, 0.1) is 0 Å². The summed E-state index contributed by atoms with van der Waals surface area (Å²) >= 11 is 0. The average molecular weight is 160 g/mol. The Bertz CT molecular complexity index is 157. The largest absolute Gasteiger partial charge is 0.324 e. The highest BCUT2D eigenvalue weighted by Crippen LogP contribution is 1.70. The molecule has 0 saturated heterocycles. The summed E-state index contributed by atoms with van der Waals surface area (Å²) in [5.41, 5.74) is 6.39. The Balaban J connectivity index is 3.61. The Morgan fingerprint density at radius 1 is 1.27 bits per heavy atom. The molecule has 0 atom stereocenters. The molecule has 0 radical (unpaired) electrons. The molecule has 0 aromatic heterocycles. The second-order valence-electron chi connectivity index (χ2n) is 2.23. The van der Waals surface area contributed by atoms with Crippen LogP contribution in [0.15, 0.2) is 0 Å². The second-order valence-corrected chi connectivity index (χ2v) is 2.23. The average Bonchev–Trinajstić information content (AvgIpc) is 1.98. The highest BCUT2D eigenvalue weighted by atomic mass is 16.2. The molecule has 0 aliphatic rings. The Morgan fingerprint density at radius 3 is 2.18 bits per heavy atom. The van der Waals surface area contributed by atoms with E-state index in [1.807, 2.05) is 13.8 Å². The number of rotatable bonds is 2. The number of nitrogens with two attached hydrogens (primary N) is 1. The van der Waals surface area contributed by atoms with Crippen molar-refractivity contribution in [2.24, 2.45) is 5.84 Å². The van der Waals surface area contributed by atoms with E-state index in [-0.39, 0.29) is 6.04 Å². The molecule has 0 aromatic rings. The molecule has 0 fully saturated rings. The van der Waals surface area contributed by atoms with Gasteiger partial charge in [0.05, 0.1) is 0 Å². The van der Waals surface area contributed by atoms with Crippen LogP contribution in [0.4, 0.5) is 0 Å². The Labute approximate surface area is 64.5 Å². The third kappa shape index (κ3) is 4.29. The van der Waals surface area contributed by atoms with Crippen LogP contribution >= 0.6 is 0 Å². The maximum absolute atomic E-state index is 10.6. The normalized spacial score (nSPS) is 9.45. The topological polar surface area (TPSA) is 96.2 Å². The predicted molar refractivity (Wildman–Crippen MR) is 38.7 cm³/mol. The maximum atomic E-state index is 10.6. The molecule has 11 heavy (non-hydrogen) atoms. The first-order valence-corrected chi connectivity index (χ1v) is 3.14. The van der Waals surface area contributed by atoms with Gasteiger partial charge in [0.2, 0.25) is 0 Å².